The van der Waals surface area contributed by atoms with E-state index in [0.717, 1.165) is 16.2 Å². The number of hydrogen-bond donors (Lipinski definition) is 0. The maximum absolute atomic E-state index is 12.5. The third-order valence-electron chi connectivity index (χ3n) is 3.77. The van der Waals surface area contributed by atoms with E-state index in [-0.39, 0.29) is 6.09 Å². The SMILES string of the molecule is Cc1c(Sn2cc3c(n2)CN(C(=O)OC(C)(C)C)C3)cnn1CC(F)F. The van der Waals surface area contributed by atoms with Crippen LogP contribution in [0.1, 0.15) is 37.7 Å². The van der Waals surface area contributed by atoms with Gasteiger partial charge in [-0.3, -0.25) is 9.58 Å². The summed E-state index contributed by atoms with van der Waals surface area (Å²) in [6, 6.07) is 0. The van der Waals surface area contributed by atoms with Crippen LogP contribution in [0.2, 0.25) is 0 Å². The fourth-order valence-corrected chi connectivity index (χ4v) is 3.42. The monoisotopic (exact) mass is 385 g/mol. The van der Waals surface area contributed by atoms with Gasteiger partial charge in [-0.15, -0.1) is 0 Å². The first-order chi connectivity index (χ1) is 12.1. The number of ether oxygens (including phenoxy) is 1. The van der Waals surface area contributed by atoms with Crippen molar-refractivity contribution in [2.45, 2.75) is 64.3 Å². The maximum Gasteiger partial charge on any atom is 0.410 e. The molecule has 0 bridgehead atoms. The first-order valence-electron chi connectivity index (χ1n) is 8.16. The van der Waals surface area contributed by atoms with Crippen LogP contribution in [-0.2, 0) is 24.4 Å². The van der Waals surface area contributed by atoms with Gasteiger partial charge in [-0.2, -0.15) is 10.2 Å². The van der Waals surface area contributed by atoms with Gasteiger partial charge in [-0.05, 0) is 27.7 Å². The predicted molar refractivity (Wildman–Crippen MR) is 91.9 cm³/mol. The van der Waals surface area contributed by atoms with E-state index in [1.807, 2.05) is 27.0 Å². The number of aromatic nitrogens is 4. The highest BCUT2D eigenvalue weighted by molar-refractivity contribution is 7.97. The van der Waals surface area contributed by atoms with Crippen molar-refractivity contribution in [1.82, 2.24) is 23.9 Å². The molecule has 2 aromatic rings. The van der Waals surface area contributed by atoms with E-state index in [2.05, 4.69) is 10.2 Å². The second-order valence-electron chi connectivity index (χ2n) is 7.10. The molecule has 10 heteroatoms. The van der Waals surface area contributed by atoms with E-state index >= 15 is 0 Å². The van der Waals surface area contributed by atoms with Crippen molar-refractivity contribution in [2.24, 2.45) is 0 Å². The largest absolute Gasteiger partial charge is 0.444 e. The number of nitrogens with zero attached hydrogens (tertiary/aromatic N) is 5. The van der Waals surface area contributed by atoms with Crippen LogP contribution < -0.4 is 0 Å². The van der Waals surface area contributed by atoms with Crippen molar-refractivity contribution in [3.63, 3.8) is 0 Å². The van der Waals surface area contributed by atoms with Gasteiger partial charge < -0.3 is 4.74 Å². The van der Waals surface area contributed by atoms with Gasteiger partial charge in [0.1, 0.15) is 12.1 Å². The molecule has 0 saturated carbocycles. The molecule has 0 spiro atoms. The molecule has 3 heterocycles. The van der Waals surface area contributed by atoms with Crippen molar-refractivity contribution in [1.29, 1.82) is 0 Å². The number of fused-ring (bicyclic) bond motifs is 1. The molecule has 26 heavy (non-hydrogen) atoms. The fraction of sp³-hybridized carbons (Fsp3) is 0.562. The second-order valence-corrected chi connectivity index (χ2v) is 8.10. The van der Waals surface area contributed by atoms with Crippen LogP contribution in [0, 0.1) is 6.92 Å². The minimum absolute atomic E-state index is 0.362. The number of hydrogen-bond acceptors (Lipinski definition) is 5. The minimum Gasteiger partial charge on any atom is -0.444 e. The van der Waals surface area contributed by atoms with Crippen molar-refractivity contribution < 1.29 is 18.3 Å². The van der Waals surface area contributed by atoms with Crippen LogP contribution in [0.15, 0.2) is 17.3 Å². The highest BCUT2D eigenvalue weighted by Gasteiger charge is 2.30. The molecule has 3 rings (SSSR count). The van der Waals surface area contributed by atoms with Gasteiger partial charge in [0, 0.05) is 23.7 Å². The zero-order valence-corrected chi connectivity index (χ0v) is 15.9. The molecule has 0 radical (unpaired) electrons. The number of carbonyl (C=O) groups excluding carboxylic acids is 1. The Morgan fingerprint density at radius 3 is 2.73 bits per heavy atom. The topological polar surface area (TPSA) is 65.2 Å². The molecule has 0 aliphatic carbocycles. The van der Waals surface area contributed by atoms with Crippen LogP contribution in [0.5, 0.6) is 0 Å². The Balaban J connectivity index is 1.64. The highest BCUT2D eigenvalue weighted by Crippen LogP contribution is 2.28. The maximum atomic E-state index is 12.5. The van der Waals surface area contributed by atoms with Crippen LogP contribution in [-0.4, -0.2) is 42.0 Å². The highest BCUT2D eigenvalue weighted by atomic mass is 32.2. The summed E-state index contributed by atoms with van der Waals surface area (Å²) in [5.74, 6) is 0. The Labute approximate surface area is 154 Å². The van der Waals surface area contributed by atoms with Gasteiger partial charge in [0.2, 0.25) is 0 Å². The summed E-state index contributed by atoms with van der Waals surface area (Å²) in [6.07, 6.45) is 0.591. The van der Waals surface area contributed by atoms with E-state index in [1.54, 1.807) is 22.1 Å². The van der Waals surface area contributed by atoms with Gasteiger partial charge in [0.05, 0.1) is 35.6 Å². The number of amides is 1. The number of halogens is 2. The molecule has 0 saturated heterocycles. The molecule has 2 aromatic heterocycles. The van der Waals surface area contributed by atoms with E-state index in [0.29, 0.717) is 18.8 Å². The molecule has 0 unspecified atom stereocenters. The van der Waals surface area contributed by atoms with Gasteiger partial charge in [-0.1, -0.05) is 0 Å². The standard InChI is InChI=1S/C16H21F2N5O2S/c1-10-13(5-19-22(10)9-14(17)18)26-23-7-11-6-21(8-12(11)20-23)15(24)25-16(2,3)4/h5,7,14H,6,8-9H2,1-4H3. The van der Waals surface area contributed by atoms with Crippen molar-refractivity contribution >= 4 is 18.0 Å². The summed E-state index contributed by atoms with van der Waals surface area (Å²) in [6.45, 7) is 7.64. The van der Waals surface area contributed by atoms with Crippen LogP contribution in [0.3, 0.4) is 0 Å². The Morgan fingerprint density at radius 1 is 1.38 bits per heavy atom. The van der Waals surface area contributed by atoms with Crippen molar-refractivity contribution in [2.75, 3.05) is 0 Å². The quantitative estimate of drug-likeness (QED) is 0.806. The molecule has 142 valence electrons. The Kier molecular flexibility index (Phi) is 4.96. The predicted octanol–water partition coefficient (Wildman–Crippen LogP) is 3.46. The van der Waals surface area contributed by atoms with Crippen molar-refractivity contribution in [3.05, 3.63) is 29.3 Å². The number of alkyl halides is 2. The molecule has 1 aliphatic heterocycles. The smallest absolute Gasteiger partial charge is 0.410 e. The van der Waals surface area contributed by atoms with Gasteiger partial charge in [0.25, 0.3) is 6.43 Å². The second kappa shape index (κ2) is 6.90. The normalized spacial score (nSPS) is 14.2. The molecule has 1 amide bonds. The molecule has 7 nitrogen and oxygen atoms in total. The first-order valence-corrected chi connectivity index (χ1v) is 8.94. The Morgan fingerprint density at radius 2 is 2.12 bits per heavy atom. The Hall–Kier alpha value is -2.10. The molecular weight excluding hydrogens is 364 g/mol. The minimum atomic E-state index is -2.45. The molecule has 0 N–H and O–H groups in total. The molecular formula is C16H21F2N5O2S. The number of rotatable bonds is 4. The van der Waals surface area contributed by atoms with Crippen LogP contribution in [0.4, 0.5) is 13.6 Å². The van der Waals surface area contributed by atoms with Crippen LogP contribution in [0.25, 0.3) is 0 Å². The van der Waals surface area contributed by atoms with E-state index < -0.39 is 18.6 Å². The summed E-state index contributed by atoms with van der Waals surface area (Å²) in [7, 11) is 0. The zero-order chi connectivity index (χ0) is 19.1. The van der Waals surface area contributed by atoms with E-state index in [4.69, 9.17) is 4.74 Å². The van der Waals surface area contributed by atoms with Crippen LogP contribution >= 0.6 is 11.9 Å². The van der Waals surface area contributed by atoms with Gasteiger partial charge >= 0.3 is 6.09 Å². The Bertz CT molecular complexity index is 789. The molecule has 0 atom stereocenters. The lowest BCUT2D eigenvalue weighted by Gasteiger charge is -2.24. The third-order valence-corrected chi connectivity index (χ3v) is 4.74. The van der Waals surface area contributed by atoms with E-state index in [9.17, 15) is 13.6 Å². The summed E-state index contributed by atoms with van der Waals surface area (Å²) < 4.78 is 33.4. The average Bonchev–Trinajstić information content (AvgIpc) is 3.13. The average molecular weight is 385 g/mol. The lowest BCUT2D eigenvalue weighted by molar-refractivity contribution is 0.0239. The zero-order valence-electron chi connectivity index (χ0n) is 15.1. The first kappa shape index (κ1) is 18.7. The number of carbonyl (C=O) groups is 1. The summed E-state index contributed by atoms with van der Waals surface area (Å²) >= 11 is 1.31. The van der Waals surface area contributed by atoms with Gasteiger partial charge in [-0.25, -0.2) is 17.7 Å². The van der Waals surface area contributed by atoms with E-state index in [1.165, 1.54) is 16.6 Å². The van der Waals surface area contributed by atoms with Crippen molar-refractivity contribution in [3.8, 4) is 0 Å². The third kappa shape index (κ3) is 4.17. The lowest BCUT2D eigenvalue weighted by Crippen LogP contribution is -2.33. The lowest BCUT2D eigenvalue weighted by atomic mass is 10.2. The molecule has 0 fully saturated rings. The fourth-order valence-electron chi connectivity index (χ4n) is 2.56. The summed E-state index contributed by atoms with van der Waals surface area (Å²) in [5, 5.41) is 8.46. The molecule has 0 aromatic carbocycles. The summed E-state index contributed by atoms with van der Waals surface area (Å²) in [5.41, 5.74) is 1.88. The molecule has 1 aliphatic rings. The summed E-state index contributed by atoms with van der Waals surface area (Å²) in [4.78, 5) is 14.5. The van der Waals surface area contributed by atoms with Gasteiger partial charge in [0.15, 0.2) is 0 Å².